The molecule has 7 heteroatoms. The Bertz CT molecular complexity index is 1430. The molecule has 2 aromatic heterocycles. The van der Waals surface area contributed by atoms with Gasteiger partial charge in [-0.05, 0) is 79.9 Å². The van der Waals surface area contributed by atoms with Crippen molar-refractivity contribution in [2.24, 2.45) is 0 Å². The van der Waals surface area contributed by atoms with Crippen LogP contribution in [0.4, 0.5) is 5.69 Å². The van der Waals surface area contributed by atoms with Crippen molar-refractivity contribution in [1.82, 2.24) is 19.8 Å². The summed E-state index contributed by atoms with van der Waals surface area (Å²) in [7, 11) is 5.70. The third-order valence-corrected chi connectivity index (χ3v) is 7.81. The highest BCUT2D eigenvalue weighted by Crippen LogP contribution is 2.35. The number of nitrogens with zero attached hydrogens (tertiary/aromatic N) is 4. The number of fused-ring (bicyclic) bond motifs is 1. The summed E-state index contributed by atoms with van der Waals surface area (Å²) in [5.41, 5.74) is 9.92. The van der Waals surface area contributed by atoms with Gasteiger partial charge in [-0.1, -0.05) is 12.1 Å². The number of carbonyl (C=O) groups is 1. The topological polar surface area (TPSA) is 64.7 Å². The number of amides is 1. The zero-order valence-corrected chi connectivity index (χ0v) is 23.8. The fourth-order valence-corrected chi connectivity index (χ4v) is 5.61. The Kier molecular flexibility index (Phi) is 8.00. The van der Waals surface area contributed by atoms with Crippen LogP contribution in [0.15, 0.2) is 54.9 Å². The van der Waals surface area contributed by atoms with Gasteiger partial charge in [0.05, 0.1) is 0 Å². The Labute approximate surface area is 231 Å². The molecule has 0 aliphatic carbocycles. The van der Waals surface area contributed by atoms with E-state index < -0.39 is 0 Å². The average Bonchev–Trinajstić information content (AvgIpc) is 3.37. The number of anilines is 1. The molecule has 5 rings (SSSR count). The monoisotopic (exact) mass is 525 g/mol. The van der Waals surface area contributed by atoms with Gasteiger partial charge in [-0.2, -0.15) is 0 Å². The first kappa shape index (κ1) is 26.9. The predicted molar refractivity (Wildman–Crippen MR) is 160 cm³/mol. The second-order valence-corrected chi connectivity index (χ2v) is 10.7. The van der Waals surface area contributed by atoms with Crippen LogP contribution in [0.5, 0.6) is 0 Å². The van der Waals surface area contributed by atoms with Crippen molar-refractivity contribution in [3.63, 3.8) is 0 Å². The Balaban J connectivity index is 1.40. The maximum Gasteiger partial charge on any atom is 0.253 e. The number of piperazine rings is 1. The van der Waals surface area contributed by atoms with E-state index in [-0.39, 0.29) is 5.91 Å². The second-order valence-electron chi connectivity index (χ2n) is 10.7. The molecule has 7 nitrogen and oxygen atoms in total. The summed E-state index contributed by atoms with van der Waals surface area (Å²) >= 11 is 0. The summed E-state index contributed by atoms with van der Waals surface area (Å²) in [5.74, 6) is 0.0197. The van der Waals surface area contributed by atoms with Gasteiger partial charge >= 0.3 is 0 Å². The SMILES string of the molecule is COCCCN(C)C(=O)c1ccc(-c2c[nH]c3ncc(-c4cc(C)c(N5CCN(C)CC5)c(C)c4)cc23)cc1. The number of aromatic nitrogens is 2. The first-order valence-corrected chi connectivity index (χ1v) is 13.7. The summed E-state index contributed by atoms with van der Waals surface area (Å²) in [6, 6.07) is 14.7. The van der Waals surface area contributed by atoms with Crippen molar-refractivity contribution in [3.05, 3.63) is 71.5 Å². The molecule has 0 saturated carbocycles. The molecule has 1 saturated heterocycles. The van der Waals surface area contributed by atoms with Gasteiger partial charge in [-0.25, -0.2) is 4.98 Å². The van der Waals surface area contributed by atoms with Crippen LogP contribution in [0.1, 0.15) is 27.9 Å². The molecule has 0 bridgehead atoms. The summed E-state index contributed by atoms with van der Waals surface area (Å²) in [4.78, 5) is 27.5. The molecular formula is C32H39N5O2. The van der Waals surface area contributed by atoms with Crippen LogP contribution < -0.4 is 4.90 Å². The lowest BCUT2D eigenvalue weighted by atomic mass is 9.97. The average molecular weight is 526 g/mol. The van der Waals surface area contributed by atoms with Crippen molar-refractivity contribution in [1.29, 1.82) is 0 Å². The van der Waals surface area contributed by atoms with E-state index >= 15 is 0 Å². The summed E-state index contributed by atoms with van der Waals surface area (Å²) in [6.07, 6.45) is 4.77. The van der Waals surface area contributed by atoms with Gasteiger partial charge < -0.3 is 24.4 Å². The fraction of sp³-hybridized carbons (Fsp3) is 0.375. The minimum Gasteiger partial charge on any atom is -0.385 e. The van der Waals surface area contributed by atoms with Crippen LogP contribution in [-0.2, 0) is 4.74 Å². The molecule has 1 aliphatic rings. The van der Waals surface area contributed by atoms with Gasteiger partial charge in [0.2, 0.25) is 0 Å². The lowest BCUT2D eigenvalue weighted by Gasteiger charge is -2.36. The summed E-state index contributed by atoms with van der Waals surface area (Å²) < 4.78 is 5.10. The lowest BCUT2D eigenvalue weighted by molar-refractivity contribution is 0.0779. The third-order valence-electron chi connectivity index (χ3n) is 7.81. The van der Waals surface area contributed by atoms with Crippen LogP contribution in [0.2, 0.25) is 0 Å². The molecule has 0 spiro atoms. The van der Waals surface area contributed by atoms with E-state index in [1.807, 2.05) is 43.7 Å². The van der Waals surface area contributed by atoms with Crippen LogP contribution in [-0.4, -0.2) is 86.2 Å². The first-order valence-electron chi connectivity index (χ1n) is 13.7. The molecule has 2 aromatic carbocycles. The molecule has 3 heterocycles. The highest BCUT2D eigenvalue weighted by atomic mass is 16.5. The van der Waals surface area contributed by atoms with Gasteiger partial charge in [0.1, 0.15) is 5.65 Å². The molecule has 1 amide bonds. The van der Waals surface area contributed by atoms with E-state index in [0.29, 0.717) is 18.7 Å². The highest BCUT2D eigenvalue weighted by Gasteiger charge is 2.19. The predicted octanol–water partition coefficient (Wildman–Crippen LogP) is 5.37. The normalized spacial score (nSPS) is 14.2. The Morgan fingerprint density at radius 3 is 2.36 bits per heavy atom. The molecule has 0 radical (unpaired) electrons. The zero-order valence-electron chi connectivity index (χ0n) is 23.8. The van der Waals surface area contributed by atoms with Crippen LogP contribution in [0, 0.1) is 13.8 Å². The summed E-state index contributed by atoms with van der Waals surface area (Å²) in [5, 5.41) is 1.07. The van der Waals surface area contributed by atoms with Crippen LogP contribution in [0.25, 0.3) is 33.3 Å². The number of benzene rings is 2. The number of ether oxygens (including phenoxy) is 1. The highest BCUT2D eigenvalue weighted by molar-refractivity contribution is 5.98. The number of likely N-dealkylation sites (N-methyl/N-ethyl adjacent to an activating group) is 1. The Morgan fingerprint density at radius 1 is 1.00 bits per heavy atom. The van der Waals surface area contributed by atoms with Crippen molar-refractivity contribution in [2.45, 2.75) is 20.3 Å². The molecule has 1 aliphatic heterocycles. The molecule has 204 valence electrons. The first-order chi connectivity index (χ1) is 18.9. The number of hydrogen-bond donors (Lipinski definition) is 1. The minimum absolute atomic E-state index is 0.0197. The molecular weight excluding hydrogens is 486 g/mol. The van der Waals surface area contributed by atoms with E-state index in [1.165, 1.54) is 22.4 Å². The number of methoxy groups -OCH3 is 1. The van der Waals surface area contributed by atoms with Crippen LogP contribution >= 0.6 is 0 Å². The molecule has 0 unspecified atom stereocenters. The van der Waals surface area contributed by atoms with E-state index in [0.717, 1.165) is 60.3 Å². The van der Waals surface area contributed by atoms with Crippen LogP contribution in [0.3, 0.4) is 0 Å². The molecule has 0 atom stereocenters. The van der Waals surface area contributed by atoms with Gasteiger partial charge in [0, 0.05) is 93.6 Å². The third kappa shape index (κ3) is 5.70. The van der Waals surface area contributed by atoms with Crippen molar-refractivity contribution in [2.75, 3.05) is 65.4 Å². The fourth-order valence-electron chi connectivity index (χ4n) is 5.61. The second kappa shape index (κ2) is 11.6. The molecule has 1 fully saturated rings. The van der Waals surface area contributed by atoms with E-state index in [9.17, 15) is 4.79 Å². The maximum atomic E-state index is 12.8. The number of rotatable bonds is 8. The van der Waals surface area contributed by atoms with E-state index in [1.54, 1.807) is 12.0 Å². The molecule has 4 aromatic rings. The number of hydrogen-bond acceptors (Lipinski definition) is 5. The standard InChI is InChI=1S/C32H39N5O2/c1-22-17-26(18-23(2)30(22)37-14-12-35(3)13-15-37)27-19-28-29(21-34-31(28)33-20-27)24-7-9-25(10-8-24)32(38)36(4)11-6-16-39-5/h7-10,17-21H,6,11-16H2,1-5H3,(H,33,34). The number of H-pyrrole nitrogens is 1. The maximum absolute atomic E-state index is 12.8. The van der Waals surface area contributed by atoms with E-state index in [4.69, 9.17) is 9.72 Å². The number of carbonyl (C=O) groups excluding carboxylic acids is 1. The van der Waals surface area contributed by atoms with Crippen molar-refractivity contribution >= 4 is 22.6 Å². The Hall–Kier alpha value is -3.68. The minimum atomic E-state index is 0.0197. The quantitative estimate of drug-likeness (QED) is 0.313. The van der Waals surface area contributed by atoms with Gasteiger partial charge in [0.15, 0.2) is 0 Å². The molecule has 1 N–H and O–H groups in total. The van der Waals surface area contributed by atoms with Gasteiger partial charge in [-0.15, -0.1) is 0 Å². The number of nitrogens with one attached hydrogen (secondary N) is 1. The number of aromatic amines is 1. The number of aryl methyl sites for hydroxylation is 2. The van der Waals surface area contributed by atoms with E-state index in [2.05, 4.69) is 53.9 Å². The van der Waals surface area contributed by atoms with Gasteiger partial charge in [-0.3, -0.25) is 4.79 Å². The lowest BCUT2D eigenvalue weighted by Crippen LogP contribution is -2.45. The number of pyridine rings is 1. The van der Waals surface area contributed by atoms with Gasteiger partial charge in [0.25, 0.3) is 5.91 Å². The summed E-state index contributed by atoms with van der Waals surface area (Å²) in [6.45, 7) is 10.1. The Morgan fingerprint density at radius 2 is 1.69 bits per heavy atom. The molecule has 39 heavy (non-hydrogen) atoms. The smallest absolute Gasteiger partial charge is 0.253 e. The largest absolute Gasteiger partial charge is 0.385 e. The zero-order chi connectivity index (χ0) is 27.5. The van der Waals surface area contributed by atoms with Crippen molar-refractivity contribution < 1.29 is 9.53 Å². The van der Waals surface area contributed by atoms with Crippen molar-refractivity contribution in [3.8, 4) is 22.3 Å².